The van der Waals surface area contributed by atoms with Gasteiger partial charge in [-0.2, -0.15) is 0 Å². The van der Waals surface area contributed by atoms with Gasteiger partial charge in [-0.3, -0.25) is 0 Å². The molecule has 1 fully saturated rings. The van der Waals surface area contributed by atoms with Gasteiger partial charge in [-0.15, -0.1) is 0 Å². The van der Waals surface area contributed by atoms with E-state index >= 15 is 0 Å². The van der Waals surface area contributed by atoms with Gasteiger partial charge in [0.25, 0.3) is 0 Å². The normalized spacial score (nSPS) is 19.0. The quantitative estimate of drug-likeness (QED) is 0.576. The third-order valence-electron chi connectivity index (χ3n) is 2.43. The van der Waals surface area contributed by atoms with Crippen molar-refractivity contribution >= 4 is 6.98 Å². The van der Waals surface area contributed by atoms with Gasteiger partial charge in [0.05, 0.1) is 0 Å². The predicted molar refractivity (Wildman–Crippen MR) is 50.1 cm³/mol. The molecule has 1 aliphatic heterocycles. The van der Waals surface area contributed by atoms with Gasteiger partial charge in [0, 0.05) is 13.2 Å². The van der Waals surface area contributed by atoms with Crippen LogP contribution in [0.4, 0.5) is 12.9 Å². The molecule has 0 aromatic carbocycles. The molecule has 0 N–H and O–H groups in total. The Morgan fingerprint density at radius 1 is 1.27 bits per heavy atom. The number of ether oxygens (including phenoxy) is 1. The Morgan fingerprint density at radius 3 is 2.27 bits per heavy atom. The van der Waals surface area contributed by atoms with Crippen molar-refractivity contribution in [2.24, 2.45) is 5.92 Å². The monoisotopic (exact) mass is 249 g/mol. The van der Waals surface area contributed by atoms with Crippen molar-refractivity contribution in [3.05, 3.63) is 0 Å². The van der Waals surface area contributed by atoms with Gasteiger partial charge >= 0.3 is 58.4 Å². The van der Waals surface area contributed by atoms with Crippen LogP contribution in [-0.4, -0.2) is 45.1 Å². The second kappa shape index (κ2) is 7.68. The van der Waals surface area contributed by atoms with Crippen molar-refractivity contribution in [2.45, 2.75) is 12.8 Å². The molecule has 1 heterocycles. The van der Waals surface area contributed by atoms with Crippen LogP contribution >= 0.6 is 0 Å². The minimum atomic E-state index is -4.68. The summed E-state index contributed by atoms with van der Waals surface area (Å²) in [5.74, 6) is 0.367. The molecule has 0 bridgehead atoms. The second-order valence-electron chi connectivity index (χ2n) is 3.99. The Hall–Kier alpha value is 1.41. The van der Waals surface area contributed by atoms with Gasteiger partial charge in [0.15, 0.2) is 0 Å². The zero-order valence-corrected chi connectivity index (χ0v) is 12.5. The summed E-state index contributed by atoms with van der Waals surface area (Å²) in [4.78, 5) is 1.37. The van der Waals surface area contributed by atoms with Crippen molar-refractivity contribution in [1.29, 1.82) is 0 Å². The van der Waals surface area contributed by atoms with Crippen LogP contribution in [0.3, 0.4) is 0 Å². The van der Waals surface area contributed by atoms with E-state index in [0.717, 1.165) is 12.8 Å². The first kappa shape index (κ1) is 16.4. The van der Waals surface area contributed by atoms with Crippen LogP contribution in [0.5, 0.6) is 0 Å². The maximum absolute atomic E-state index is 12.1. The average molecular weight is 249 g/mol. The van der Waals surface area contributed by atoms with Gasteiger partial charge in [0.1, 0.15) is 0 Å². The van der Waals surface area contributed by atoms with Gasteiger partial charge in [-0.25, -0.2) is 0 Å². The van der Waals surface area contributed by atoms with E-state index in [4.69, 9.17) is 4.74 Å². The fraction of sp³-hybridized carbons (Fsp3) is 1.00. The molecule has 2 nitrogen and oxygen atoms in total. The molecule has 0 aromatic rings. The molecule has 0 atom stereocenters. The van der Waals surface area contributed by atoms with Crippen LogP contribution in [0.15, 0.2) is 0 Å². The van der Waals surface area contributed by atoms with Crippen molar-refractivity contribution < 1.29 is 69.1 Å². The van der Waals surface area contributed by atoms with E-state index in [1.54, 1.807) is 0 Å². The molecular formula is C8H16BF3KNO. The van der Waals surface area contributed by atoms with Gasteiger partial charge in [-0.05, 0) is 38.8 Å². The standard InChI is InChI=1S/C8H16BF3NO.K/c1-13(7-9(10,11)12)6-8-2-4-14-5-3-8;/h8H,2-7H2,1H3;/q-1;+1. The third kappa shape index (κ3) is 8.18. The minimum Gasteiger partial charge on any atom is -0.448 e. The zero-order valence-electron chi connectivity index (χ0n) is 9.39. The van der Waals surface area contributed by atoms with Crippen molar-refractivity contribution in [1.82, 2.24) is 4.90 Å². The molecule has 0 aromatic heterocycles. The van der Waals surface area contributed by atoms with E-state index in [2.05, 4.69) is 0 Å². The first-order valence-corrected chi connectivity index (χ1v) is 4.94. The molecule has 1 saturated heterocycles. The first-order valence-electron chi connectivity index (χ1n) is 4.94. The minimum absolute atomic E-state index is 0. The SMILES string of the molecule is CN(CC1CCOCC1)C[B-](F)(F)F.[K+]. The molecule has 0 aliphatic carbocycles. The molecule has 0 saturated carbocycles. The number of halogens is 3. The Morgan fingerprint density at radius 2 is 1.80 bits per heavy atom. The second-order valence-corrected chi connectivity index (χ2v) is 3.99. The van der Waals surface area contributed by atoms with Crippen LogP contribution in [0.2, 0.25) is 0 Å². The van der Waals surface area contributed by atoms with Crippen LogP contribution in [0, 0.1) is 5.92 Å². The van der Waals surface area contributed by atoms with Crippen molar-refractivity contribution in [2.75, 3.05) is 33.3 Å². The van der Waals surface area contributed by atoms with E-state index in [9.17, 15) is 12.9 Å². The maximum Gasteiger partial charge on any atom is 1.00 e. The maximum atomic E-state index is 12.1. The van der Waals surface area contributed by atoms with Gasteiger partial charge in [0.2, 0.25) is 0 Å². The number of nitrogens with zero attached hydrogens (tertiary/aromatic N) is 1. The van der Waals surface area contributed by atoms with Gasteiger partial charge < -0.3 is 22.6 Å². The molecule has 0 amide bonds. The Bertz CT molecular complexity index is 176. The molecular weight excluding hydrogens is 233 g/mol. The van der Waals surface area contributed by atoms with Crippen LogP contribution in [-0.2, 0) is 4.74 Å². The first-order chi connectivity index (χ1) is 6.47. The summed E-state index contributed by atoms with van der Waals surface area (Å²) in [5, 5.41) is 0. The summed E-state index contributed by atoms with van der Waals surface area (Å²) in [6.07, 6.45) is 1.02. The number of hydrogen-bond donors (Lipinski definition) is 0. The third-order valence-corrected chi connectivity index (χ3v) is 2.43. The van der Waals surface area contributed by atoms with Crippen LogP contribution < -0.4 is 51.4 Å². The summed E-state index contributed by atoms with van der Waals surface area (Å²) in [6, 6.07) is 0. The zero-order chi connectivity index (χ0) is 10.6. The van der Waals surface area contributed by atoms with E-state index in [0.29, 0.717) is 25.7 Å². The summed E-state index contributed by atoms with van der Waals surface area (Å²) in [5.41, 5.74) is 0. The van der Waals surface area contributed by atoms with E-state index in [1.165, 1.54) is 11.9 Å². The molecule has 84 valence electrons. The van der Waals surface area contributed by atoms with Crippen molar-refractivity contribution in [3.63, 3.8) is 0 Å². The summed E-state index contributed by atoms with van der Waals surface area (Å²) < 4.78 is 41.3. The smallest absolute Gasteiger partial charge is 0.448 e. The van der Waals surface area contributed by atoms with Crippen LogP contribution in [0.25, 0.3) is 0 Å². The predicted octanol–water partition coefficient (Wildman–Crippen LogP) is -1.26. The molecule has 7 heteroatoms. The topological polar surface area (TPSA) is 12.5 Å². The fourth-order valence-corrected chi connectivity index (χ4v) is 1.80. The van der Waals surface area contributed by atoms with Crippen LogP contribution in [0.1, 0.15) is 12.8 Å². The largest absolute Gasteiger partial charge is 1.00 e. The van der Waals surface area contributed by atoms with E-state index in [1.807, 2.05) is 0 Å². The molecule has 1 rings (SSSR count). The summed E-state index contributed by atoms with van der Waals surface area (Å²) in [7, 11) is 1.53. The Labute approximate surface area is 131 Å². The molecule has 0 unspecified atom stereocenters. The molecule has 0 spiro atoms. The number of rotatable bonds is 4. The Kier molecular flexibility index (Phi) is 8.41. The molecule has 1 aliphatic rings. The number of hydrogen-bond acceptors (Lipinski definition) is 2. The Balaban J connectivity index is 0.00000196. The molecule has 15 heavy (non-hydrogen) atoms. The summed E-state index contributed by atoms with van der Waals surface area (Å²) >= 11 is 0. The van der Waals surface area contributed by atoms with Crippen molar-refractivity contribution in [3.8, 4) is 0 Å². The van der Waals surface area contributed by atoms with Gasteiger partial charge in [-0.1, -0.05) is 0 Å². The fourth-order valence-electron chi connectivity index (χ4n) is 1.80. The summed E-state index contributed by atoms with van der Waals surface area (Å²) in [6.45, 7) is -2.77. The van der Waals surface area contributed by atoms with E-state index < -0.39 is 13.4 Å². The molecule has 0 radical (unpaired) electrons. The average Bonchev–Trinajstić information content (AvgIpc) is 2.02. The van der Waals surface area contributed by atoms with E-state index in [-0.39, 0.29) is 51.4 Å².